The first-order valence-corrected chi connectivity index (χ1v) is 6.90. The van der Waals surface area contributed by atoms with Crippen LogP contribution in [0.1, 0.15) is 43.4 Å². The number of carbonyl (C=O) groups is 1. The molecule has 3 nitrogen and oxygen atoms in total. The topological polar surface area (TPSA) is 32.3 Å². The fraction of sp³-hybridized carbons (Fsp3) is 0.533. The van der Waals surface area contributed by atoms with Crippen LogP contribution >= 0.6 is 0 Å². The van der Waals surface area contributed by atoms with E-state index in [0.29, 0.717) is 6.04 Å². The van der Waals surface area contributed by atoms with Gasteiger partial charge in [-0.1, -0.05) is 18.6 Å². The Morgan fingerprint density at radius 2 is 2.28 bits per heavy atom. The average molecular weight is 244 g/mol. The van der Waals surface area contributed by atoms with Crippen LogP contribution in [0, 0.1) is 0 Å². The SMILES string of the molecule is CC(=O)N1CCc2c(C3CCCCN3)cccc21. The summed E-state index contributed by atoms with van der Waals surface area (Å²) in [4.78, 5) is 13.5. The maximum Gasteiger partial charge on any atom is 0.223 e. The van der Waals surface area contributed by atoms with Crippen molar-refractivity contribution in [3.05, 3.63) is 29.3 Å². The molecule has 1 unspecified atom stereocenters. The summed E-state index contributed by atoms with van der Waals surface area (Å²) in [6.45, 7) is 3.61. The van der Waals surface area contributed by atoms with Gasteiger partial charge in [0, 0.05) is 25.2 Å². The molecule has 0 saturated carbocycles. The lowest BCUT2D eigenvalue weighted by molar-refractivity contribution is -0.116. The average Bonchev–Trinajstić information content (AvgIpc) is 2.83. The van der Waals surface area contributed by atoms with Crippen LogP contribution in [0.25, 0.3) is 0 Å². The molecule has 2 aliphatic heterocycles. The molecule has 2 heterocycles. The summed E-state index contributed by atoms with van der Waals surface area (Å²) in [6.07, 6.45) is 4.81. The van der Waals surface area contributed by atoms with E-state index < -0.39 is 0 Å². The van der Waals surface area contributed by atoms with Crippen LogP contribution in [-0.4, -0.2) is 19.0 Å². The molecule has 96 valence electrons. The predicted octanol–water partition coefficient (Wildman–Crippen LogP) is 2.41. The van der Waals surface area contributed by atoms with Crippen LogP contribution in [-0.2, 0) is 11.2 Å². The summed E-state index contributed by atoms with van der Waals surface area (Å²) >= 11 is 0. The van der Waals surface area contributed by atoms with Crippen molar-refractivity contribution in [1.82, 2.24) is 5.32 Å². The monoisotopic (exact) mass is 244 g/mol. The van der Waals surface area contributed by atoms with Crippen molar-refractivity contribution < 1.29 is 4.79 Å². The third-order valence-electron chi connectivity index (χ3n) is 4.13. The third-order valence-corrected chi connectivity index (χ3v) is 4.13. The van der Waals surface area contributed by atoms with Crippen molar-refractivity contribution in [3.63, 3.8) is 0 Å². The normalized spacial score (nSPS) is 22.9. The Balaban J connectivity index is 1.95. The highest BCUT2D eigenvalue weighted by Gasteiger charge is 2.27. The number of rotatable bonds is 1. The molecule has 0 bridgehead atoms. The van der Waals surface area contributed by atoms with Gasteiger partial charge >= 0.3 is 0 Å². The Hall–Kier alpha value is -1.35. The molecule has 0 aliphatic carbocycles. The molecule has 1 saturated heterocycles. The fourth-order valence-electron chi connectivity index (χ4n) is 3.23. The van der Waals surface area contributed by atoms with E-state index in [4.69, 9.17) is 0 Å². The van der Waals surface area contributed by atoms with Gasteiger partial charge in [0.1, 0.15) is 0 Å². The van der Waals surface area contributed by atoms with E-state index in [1.165, 1.54) is 30.4 Å². The van der Waals surface area contributed by atoms with E-state index in [1.807, 2.05) is 4.90 Å². The van der Waals surface area contributed by atoms with Crippen molar-refractivity contribution in [2.45, 2.75) is 38.6 Å². The Bertz CT molecular complexity index is 464. The maximum atomic E-state index is 11.6. The van der Waals surface area contributed by atoms with Gasteiger partial charge in [-0.05, 0) is 43.0 Å². The number of hydrogen-bond acceptors (Lipinski definition) is 2. The van der Waals surface area contributed by atoms with Gasteiger partial charge in [-0.2, -0.15) is 0 Å². The lowest BCUT2D eigenvalue weighted by Crippen LogP contribution is -2.27. The molecule has 3 heteroatoms. The molecule has 1 amide bonds. The number of carbonyl (C=O) groups excluding carboxylic acids is 1. The second-order valence-corrected chi connectivity index (χ2v) is 5.27. The summed E-state index contributed by atoms with van der Waals surface area (Å²) in [5.74, 6) is 0.155. The number of fused-ring (bicyclic) bond motifs is 1. The number of nitrogens with one attached hydrogen (secondary N) is 1. The number of anilines is 1. The highest BCUT2D eigenvalue weighted by atomic mass is 16.2. The molecule has 1 aromatic carbocycles. The smallest absolute Gasteiger partial charge is 0.223 e. The molecule has 1 fully saturated rings. The van der Waals surface area contributed by atoms with Gasteiger partial charge in [0.05, 0.1) is 0 Å². The highest BCUT2D eigenvalue weighted by Crippen LogP contribution is 2.35. The van der Waals surface area contributed by atoms with E-state index in [1.54, 1.807) is 6.92 Å². The second kappa shape index (κ2) is 4.73. The first-order valence-electron chi connectivity index (χ1n) is 6.90. The molecule has 18 heavy (non-hydrogen) atoms. The third kappa shape index (κ3) is 1.93. The van der Waals surface area contributed by atoms with Crippen LogP contribution in [0.15, 0.2) is 18.2 Å². The van der Waals surface area contributed by atoms with Crippen molar-refractivity contribution >= 4 is 11.6 Å². The van der Waals surface area contributed by atoms with Gasteiger partial charge in [0.25, 0.3) is 0 Å². The van der Waals surface area contributed by atoms with E-state index in [2.05, 4.69) is 23.5 Å². The maximum absolute atomic E-state index is 11.6. The van der Waals surface area contributed by atoms with E-state index in [-0.39, 0.29) is 5.91 Å². The van der Waals surface area contributed by atoms with Crippen molar-refractivity contribution in [2.24, 2.45) is 0 Å². The Kier molecular flexibility index (Phi) is 3.08. The second-order valence-electron chi connectivity index (χ2n) is 5.27. The summed E-state index contributed by atoms with van der Waals surface area (Å²) < 4.78 is 0. The highest BCUT2D eigenvalue weighted by molar-refractivity contribution is 5.94. The molecule has 1 N–H and O–H groups in total. The minimum absolute atomic E-state index is 0.155. The zero-order valence-corrected chi connectivity index (χ0v) is 10.9. The number of nitrogens with zero attached hydrogens (tertiary/aromatic N) is 1. The van der Waals surface area contributed by atoms with E-state index in [0.717, 1.165) is 25.2 Å². The Morgan fingerprint density at radius 3 is 3.00 bits per heavy atom. The molecular formula is C15H20N2O. The standard InChI is InChI=1S/C15H20N2O/c1-11(18)17-10-8-13-12(5-4-7-15(13)17)14-6-2-3-9-16-14/h4-5,7,14,16H,2-3,6,8-10H2,1H3. The molecule has 0 aromatic heterocycles. The van der Waals surface area contributed by atoms with Crippen molar-refractivity contribution in [2.75, 3.05) is 18.0 Å². The Labute approximate surface area is 108 Å². The zero-order valence-electron chi connectivity index (χ0n) is 10.9. The number of hydrogen-bond donors (Lipinski definition) is 1. The van der Waals surface area contributed by atoms with Crippen LogP contribution in [0.3, 0.4) is 0 Å². The first kappa shape index (κ1) is 11.7. The minimum atomic E-state index is 0.155. The van der Waals surface area contributed by atoms with Gasteiger partial charge in [-0.3, -0.25) is 4.79 Å². The van der Waals surface area contributed by atoms with Gasteiger partial charge in [-0.25, -0.2) is 0 Å². The van der Waals surface area contributed by atoms with Crippen LogP contribution in [0.2, 0.25) is 0 Å². The van der Waals surface area contributed by atoms with Crippen LogP contribution in [0.5, 0.6) is 0 Å². The molecule has 2 aliphatic rings. The molecule has 0 spiro atoms. The summed E-state index contributed by atoms with van der Waals surface area (Å²) in [7, 11) is 0. The summed E-state index contributed by atoms with van der Waals surface area (Å²) in [5, 5.41) is 3.61. The predicted molar refractivity (Wildman–Crippen MR) is 72.8 cm³/mol. The molecule has 0 radical (unpaired) electrons. The number of piperidine rings is 1. The van der Waals surface area contributed by atoms with Crippen LogP contribution < -0.4 is 10.2 Å². The first-order chi connectivity index (χ1) is 8.77. The van der Waals surface area contributed by atoms with Crippen molar-refractivity contribution in [1.29, 1.82) is 0 Å². The van der Waals surface area contributed by atoms with Gasteiger partial charge in [0.15, 0.2) is 0 Å². The van der Waals surface area contributed by atoms with Crippen LogP contribution in [0.4, 0.5) is 5.69 Å². The fourth-order valence-corrected chi connectivity index (χ4v) is 3.23. The van der Waals surface area contributed by atoms with Gasteiger partial charge < -0.3 is 10.2 Å². The Morgan fingerprint density at radius 1 is 1.39 bits per heavy atom. The number of benzene rings is 1. The van der Waals surface area contributed by atoms with E-state index in [9.17, 15) is 4.79 Å². The summed E-state index contributed by atoms with van der Waals surface area (Å²) in [5.41, 5.74) is 3.93. The zero-order chi connectivity index (χ0) is 12.5. The number of amides is 1. The lowest BCUT2D eigenvalue weighted by Gasteiger charge is -2.26. The van der Waals surface area contributed by atoms with E-state index >= 15 is 0 Å². The molecular weight excluding hydrogens is 224 g/mol. The quantitative estimate of drug-likeness (QED) is 0.822. The minimum Gasteiger partial charge on any atom is -0.312 e. The van der Waals surface area contributed by atoms with Crippen molar-refractivity contribution in [3.8, 4) is 0 Å². The lowest BCUT2D eigenvalue weighted by atomic mass is 9.92. The molecule has 1 atom stereocenters. The molecule has 3 rings (SSSR count). The van der Waals surface area contributed by atoms with Gasteiger partial charge in [0.2, 0.25) is 5.91 Å². The van der Waals surface area contributed by atoms with Gasteiger partial charge in [-0.15, -0.1) is 0 Å². The largest absolute Gasteiger partial charge is 0.312 e. The molecule has 1 aromatic rings. The summed E-state index contributed by atoms with van der Waals surface area (Å²) in [6, 6.07) is 6.88.